The molecule has 0 amide bonds. The molecule has 0 aromatic carbocycles. The molecule has 0 unspecified atom stereocenters. The number of ether oxygens (including phenoxy) is 3. The SMILES string of the molecule is CCOC(=O)C1(C)OCC(O)CO1. The van der Waals surface area contributed by atoms with Crippen LogP contribution in [0.1, 0.15) is 13.8 Å². The molecule has 0 saturated carbocycles. The molecule has 1 fully saturated rings. The quantitative estimate of drug-likeness (QED) is 0.604. The van der Waals surface area contributed by atoms with Crippen LogP contribution in [0.25, 0.3) is 0 Å². The zero-order valence-electron chi connectivity index (χ0n) is 7.78. The summed E-state index contributed by atoms with van der Waals surface area (Å²) >= 11 is 0. The van der Waals surface area contributed by atoms with Crippen LogP contribution in [0.3, 0.4) is 0 Å². The van der Waals surface area contributed by atoms with Crippen LogP contribution in [-0.2, 0) is 19.0 Å². The fourth-order valence-electron chi connectivity index (χ4n) is 0.980. The summed E-state index contributed by atoms with van der Waals surface area (Å²) in [4.78, 5) is 11.3. The monoisotopic (exact) mass is 190 g/mol. The molecule has 0 radical (unpaired) electrons. The average molecular weight is 190 g/mol. The van der Waals surface area contributed by atoms with Crippen LogP contribution < -0.4 is 0 Å². The molecule has 5 nitrogen and oxygen atoms in total. The molecule has 1 aliphatic rings. The van der Waals surface area contributed by atoms with Gasteiger partial charge in [0.05, 0.1) is 19.8 Å². The van der Waals surface area contributed by atoms with Crippen molar-refractivity contribution in [3.63, 3.8) is 0 Å². The van der Waals surface area contributed by atoms with E-state index in [0.29, 0.717) is 0 Å². The topological polar surface area (TPSA) is 65.0 Å². The summed E-state index contributed by atoms with van der Waals surface area (Å²) in [6, 6.07) is 0. The number of aliphatic hydroxyl groups is 1. The smallest absolute Gasteiger partial charge is 0.366 e. The molecular formula is C8H14O5. The second-order valence-corrected chi connectivity index (χ2v) is 2.94. The van der Waals surface area contributed by atoms with E-state index in [9.17, 15) is 4.79 Å². The van der Waals surface area contributed by atoms with Crippen molar-refractivity contribution in [2.45, 2.75) is 25.7 Å². The van der Waals surface area contributed by atoms with Gasteiger partial charge in [-0.3, -0.25) is 0 Å². The van der Waals surface area contributed by atoms with Crippen molar-refractivity contribution < 1.29 is 24.1 Å². The van der Waals surface area contributed by atoms with Crippen molar-refractivity contribution in [1.29, 1.82) is 0 Å². The van der Waals surface area contributed by atoms with Crippen LogP contribution in [0.2, 0.25) is 0 Å². The lowest BCUT2D eigenvalue weighted by molar-refractivity contribution is -0.281. The lowest BCUT2D eigenvalue weighted by Gasteiger charge is -2.33. The number of aliphatic hydroxyl groups excluding tert-OH is 1. The van der Waals surface area contributed by atoms with Gasteiger partial charge >= 0.3 is 5.97 Å². The van der Waals surface area contributed by atoms with Gasteiger partial charge in [0.25, 0.3) is 5.79 Å². The summed E-state index contributed by atoms with van der Waals surface area (Å²) in [5, 5.41) is 9.05. The Labute approximate surface area is 76.6 Å². The Morgan fingerprint density at radius 3 is 2.62 bits per heavy atom. The van der Waals surface area contributed by atoms with E-state index in [4.69, 9.17) is 19.3 Å². The Kier molecular flexibility index (Phi) is 3.24. The first kappa shape index (κ1) is 10.4. The predicted octanol–water partition coefficient (Wildman–Crippen LogP) is -0.327. The van der Waals surface area contributed by atoms with Crippen molar-refractivity contribution in [3.05, 3.63) is 0 Å². The van der Waals surface area contributed by atoms with Crippen molar-refractivity contribution in [2.24, 2.45) is 0 Å². The maximum absolute atomic E-state index is 11.3. The lowest BCUT2D eigenvalue weighted by Crippen LogP contribution is -2.50. The molecule has 0 bridgehead atoms. The van der Waals surface area contributed by atoms with Crippen LogP contribution in [0.15, 0.2) is 0 Å². The Balaban J connectivity index is 2.51. The number of esters is 1. The number of hydrogen-bond acceptors (Lipinski definition) is 5. The van der Waals surface area contributed by atoms with Gasteiger partial charge in [-0.25, -0.2) is 4.79 Å². The predicted molar refractivity (Wildman–Crippen MR) is 42.9 cm³/mol. The molecular weight excluding hydrogens is 176 g/mol. The normalized spacial score (nSPS) is 34.2. The summed E-state index contributed by atoms with van der Waals surface area (Å²) < 4.78 is 14.8. The third kappa shape index (κ3) is 2.40. The minimum atomic E-state index is -1.35. The van der Waals surface area contributed by atoms with E-state index >= 15 is 0 Å². The summed E-state index contributed by atoms with van der Waals surface area (Å²) in [5.74, 6) is -1.91. The standard InChI is InChI=1S/C8H14O5/c1-3-11-7(10)8(2)12-4-6(9)5-13-8/h6,9H,3-5H2,1-2H3. The molecule has 1 aliphatic heterocycles. The fourth-order valence-corrected chi connectivity index (χ4v) is 0.980. The van der Waals surface area contributed by atoms with Gasteiger partial charge < -0.3 is 19.3 Å². The minimum absolute atomic E-state index is 0.0926. The van der Waals surface area contributed by atoms with E-state index in [0.717, 1.165) is 0 Å². The highest BCUT2D eigenvalue weighted by molar-refractivity contribution is 5.77. The summed E-state index contributed by atoms with van der Waals surface area (Å²) in [7, 11) is 0. The molecule has 0 aromatic rings. The second kappa shape index (κ2) is 4.04. The third-order valence-electron chi connectivity index (χ3n) is 1.75. The van der Waals surface area contributed by atoms with E-state index in [-0.39, 0.29) is 19.8 Å². The van der Waals surface area contributed by atoms with Gasteiger partial charge in [-0.2, -0.15) is 0 Å². The highest BCUT2D eigenvalue weighted by Gasteiger charge is 2.41. The molecule has 13 heavy (non-hydrogen) atoms. The van der Waals surface area contributed by atoms with Gasteiger partial charge in [-0.05, 0) is 6.92 Å². The molecule has 0 aromatic heterocycles. The highest BCUT2D eigenvalue weighted by Crippen LogP contribution is 2.19. The second-order valence-electron chi connectivity index (χ2n) is 2.94. The van der Waals surface area contributed by atoms with E-state index in [1.165, 1.54) is 6.92 Å². The zero-order chi connectivity index (χ0) is 9.90. The number of carbonyl (C=O) groups excluding carboxylic acids is 1. The van der Waals surface area contributed by atoms with Gasteiger partial charge in [0.15, 0.2) is 0 Å². The first-order valence-electron chi connectivity index (χ1n) is 4.21. The molecule has 5 heteroatoms. The van der Waals surface area contributed by atoms with Gasteiger partial charge in [0, 0.05) is 6.92 Å². The Morgan fingerprint density at radius 1 is 1.62 bits per heavy atom. The molecule has 1 rings (SSSR count). The molecule has 0 aliphatic carbocycles. The van der Waals surface area contributed by atoms with Crippen LogP contribution in [-0.4, -0.2) is 42.8 Å². The van der Waals surface area contributed by atoms with E-state index in [2.05, 4.69) is 0 Å². The molecule has 1 saturated heterocycles. The highest BCUT2D eigenvalue weighted by atomic mass is 16.7. The van der Waals surface area contributed by atoms with Crippen molar-refractivity contribution >= 4 is 5.97 Å². The first-order chi connectivity index (χ1) is 6.08. The molecule has 0 atom stereocenters. The zero-order valence-corrected chi connectivity index (χ0v) is 7.78. The Hall–Kier alpha value is -0.650. The van der Waals surface area contributed by atoms with Crippen molar-refractivity contribution in [2.75, 3.05) is 19.8 Å². The van der Waals surface area contributed by atoms with Crippen LogP contribution >= 0.6 is 0 Å². The maximum atomic E-state index is 11.3. The van der Waals surface area contributed by atoms with Crippen LogP contribution in [0.4, 0.5) is 0 Å². The fraction of sp³-hybridized carbons (Fsp3) is 0.875. The van der Waals surface area contributed by atoms with Gasteiger partial charge in [-0.15, -0.1) is 0 Å². The third-order valence-corrected chi connectivity index (χ3v) is 1.75. The summed E-state index contributed by atoms with van der Waals surface area (Å²) in [6.45, 7) is 3.66. The van der Waals surface area contributed by atoms with Crippen molar-refractivity contribution in [3.8, 4) is 0 Å². The Bertz CT molecular complexity index is 183. The van der Waals surface area contributed by atoms with Crippen LogP contribution in [0, 0.1) is 0 Å². The number of hydrogen-bond donors (Lipinski definition) is 1. The number of carbonyl (C=O) groups is 1. The van der Waals surface area contributed by atoms with Gasteiger partial charge in [0.2, 0.25) is 0 Å². The molecule has 1 N–H and O–H groups in total. The Morgan fingerprint density at radius 2 is 2.15 bits per heavy atom. The minimum Gasteiger partial charge on any atom is -0.462 e. The van der Waals surface area contributed by atoms with E-state index < -0.39 is 17.9 Å². The number of rotatable bonds is 2. The average Bonchev–Trinajstić information content (AvgIpc) is 2.11. The van der Waals surface area contributed by atoms with E-state index in [1.807, 2.05) is 0 Å². The molecule has 1 heterocycles. The molecule has 76 valence electrons. The van der Waals surface area contributed by atoms with Crippen molar-refractivity contribution in [1.82, 2.24) is 0 Å². The summed E-state index contributed by atoms with van der Waals surface area (Å²) in [6.07, 6.45) is -0.664. The largest absolute Gasteiger partial charge is 0.462 e. The first-order valence-corrected chi connectivity index (χ1v) is 4.21. The summed E-state index contributed by atoms with van der Waals surface area (Å²) in [5.41, 5.74) is 0. The van der Waals surface area contributed by atoms with Crippen LogP contribution in [0.5, 0.6) is 0 Å². The van der Waals surface area contributed by atoms with Gasteiger partial charge in [-0.1, -0.05) is 0 Å². The molecule has 0 spiro atoms. The maximum Gasteiger partial charge on any atom is 0.366 e. The van der Waals surface area contributed by atoms with Gasteiger partial charge in [0.1, 0.15) is 6.10 Å². The van der Waals surface area contributed by atoms with E-state index in [1.54, 1.807) is 6.92 Å². The lowest BCUT2D eigenvalue weighted by atomic mass is 10.2.